The molecule has 0 saturated carbocycles. The number of pyridine rings is 2. The number of nitrogens with zero attached hydrogens (tertiary/aromatic N) is 2. The second-order valence-electron chi connectivity index (χ2n) is 9.55. The fourth-order valence-corrected chi connectivity index (χ4v) is 5.72. The number of aryl methyl sites for hydroxylation is 1. The van der Waals surface area contributed by atoms with Gasteiger partial charge < -0.3 is 29.8 Å². The Morgan fingerprint density at radius 1 is 1.32 bits per heavy atom. The number of nitrogens with one attached hydrogen (secondary N) is 2. The van der Waals surface area contributed by atoms with Crippen LogP contribution in [0.25, 0.3) is 22.3 Å². The number of esters is 1. The van der Waals surface area contributed by atoms with Gasteiger partial charge in [-0.15, -0.1) is 0 Å². The Balaban J connectivity index is 1.50. The number of ether oxygens (including phenoxy) is 2. The average molecular weight is 522 g/mol. The third-order valence-corrected chi connectivity index (χ3v) is 7.48. The molecule has 0 saturated heterocycles. The number of hydrogen-bond acceptors (Lipinski definition) is 8. The Kier molecular flexibility index (Phi) is 5.73. The molecule has 3 N–H and O–H groups in total. The molecule has 2 aromatic heterocycles. The lowest BCUT2D eigenvalue weighted by molar-refractivity contribution is -0.157. The van der Waals surface area contributed by atoms with Crippen molar-refractivity contribution in [2.45, 2.75) is 45.1 Å². The van der Waals surface area contributed by atoms with Gasteiger partial charge in [-0.1, -0.05) is 0 Å². The van der Waals surface area contributed by atoms with Crippen LogP contribution < -0.4 is 16.2 Å². The van der Waals surface area contributed by atoms with Crippen LogP contribution in [0.3, 0.4) is 0 Å². The summed E-state index contributed by atoms with van der Waals surface area (Å²) in [6.45, 7) is 1.23. The molecule has 1 aromatic carbocycles. The summed E-state index contributed by atoms with van der Waals surface area (Å²) < 4.78 is 26.5. The molecular formula is C26H23FN4O7. The molecule has 0 bridgehead atoms. The summed E-state index contributed by atoms with van der Waals surface area (Å²) in [5.74, 6) is -1.63. The predicted molar refractivity (Wildman–Crippen MR) is 129 cm³/mol. The molecule has 2 atom stereocenters. The van der Waals surface area contributed by atoms with Crippen molar-refractivity contribution in [3.8, 4) is 11.4 Å². The number of cyclic esters (lactones) is 1. The average Bonchev–Trinajstić information content (AvgIpc) is 3.27. The first-order valence-electron chi connectivity index (χ1n) is 12.1. The minimum atomic E-state index is -1.59. The molecule has 6 rings (SSSR count). The first kappa shape index (κ1) is 24.2. The first-order valence-corrected chi connectivity index (χ1v) is 12.1. The van der Waals surface area contributed by atoms with E-state index >= 15 is 0 Å². The Morgan fingerprint density at radius 2 is 2.13 bits per heavy atom. The van der Waals surface area contributed by atoms with Crippen molar-refractivity contribution in [1.82, 2.24) is 20.2 Å². The number of rotatable bonds is 6. The molecule has 1 aliphatic carbocycles. The molecule has 3 aromatic rings. The summed E-state index contributed by atoms with van der Waals surface area (Å²) in [5, 5.41) is 16.4. The number of carbonyl (C=O) groups excluding carboxylic acids is 3. The van der Waals surface area contributed by atoms with Crippen LogP contribution in [-0.2, 0) is 43.4 Å². The van der Waals surface area contributed by atoms with Gasteiger partial charge in [0, 0.05) is 22.6 Å². The monoisotopic (exact) mass is 522 g/mol. The highest BCUT2D eigenvalue weighted by Crippen LogP contribution is 2.45. The molecule has 0 radical (unpaired) electrons. The lowest BCUT2D eigenvalue weighted by Gasteiger charge is -2.29. The Morgan fingerprint density at radius 3 is 2.92 bits per heavy atom. The van der Waals surface area contributed by atoms with E-state index in [1.807, 2.05) is 0 Å². The van der Waals surface area contributed by atoms with E-state index in [0.717, 1.165) is 16.5 Å². The van der Waals surface area contributed by atoms with Crippen molar-refractivity contribution in [2.75, 3.05) is 13.3 Å². The van der Waals surface area contributed by atoms with Crippen molar-refractivity contribution in [1.29, 1.82) is 0 Å². The minimum Gasteiger partial charge on any atom is -0.458 e. The van der Waals surface area contributed by atoms with Gasteiger partial charge in [-0.3, -0.25) is 14.4 Å². The van der Waals surface area contributed by atoms with Crippen molar-refractivity contribution in [3.05, 3.63) is 61.7 Å². The van der Waals surface area contributed by atoms with E-state index in [-0.39, 0.29) is 37.6 Å². The SMILES string of the molecule is Cc1c(F)cc2nc3c(c4c2c1CC[C@@H]4NC(=O)COCNC=O)Cn1c-3cc2c(c1=O)COC(=O)C2O. The zero-order valence-electron chi connectivity index (χ0n) is 20.3. The zero-order valence-corrected chi connectivity index (χ0v) is 20.3. The van der Waals surface area contributed by atoms with Crippen molar-refractivity contribution in [3.63, 3.8) is 0 Å². The maximum Gasteiger partial charge on any atom is 0.340 e. The molecule has 2 amide bonds. The van der Waals surface area contributed by atoms with E-state index in [9.17, 15) is 28.7 Å². The Labute approximate surface area is 214 Å². The van der Waals surface area contributed by atoms with Gasteiger partial charge in [-0.2, -0.15) is 0 Å². The summed E-state index contributed by atoms with van der Waals surface area (Å²) in [7, 11) is 0. The summed E-state index contributed by atoms with van der Waals surface area (Å²) in [6.07, 6.45) is -0.122. The summed E-state index contributed by atoms with van der Waals surface area (Å²) in [6, 6.07) is 2.45. The van der Waals surface area contributed by atoms with E-state index in [1.165, 1.54) is 10.6 Å². The van der Waals surface area contributed by atoms with Gasteiger partial charge in [-0.25, -0.2) is 14.2 Å². The fraction of sp³-hybridized carbons (Fsp3) is 0.346. The van der Waals surface area contributed by atoms with Crippen molar-refractivity contribution < 1.29 is 33.4 Å². The number of aliphatic hydroxyl groups excluding tert-OH is 1. The number of halogens is 1. The topological polar surface area (TPSA) is 149 Å². The van der Waals surface area contributed by atoms with Gasteiger partial charge in [-0.05, 0) is 42.5 Å². The number of amides is 2. The third kappa shape index (κ3) is 3.59. The highest BCUT2D eigenvalue weighted by Gasteiger charge is 2.37. The largest absolute Gasteiger partial charge is 0.458 e. The standard InChI is InChI=1S/C26H23FN4O7/c1-11-12-2-3-17(29-20(33)8-37-10-28-9-32)22-14-6-31-19(23(14)30-18(21(12)22)5-16(11)27)4-13-15(25(31)35)7-38-26(36)24(13)34/h4-5,9,17,24,34H,2-3,6-8,10H2,1H3,(H,28,32)(H,29,33)/t17-,24?/m0/s1. The molecule has 11 nitrogen and oxygen atoms in total. The van der Waals surface area contributed by atoms with E-state index in [4.69, 9.17) is 14.5 Å². The Bertz CT molecular complexity index is 1620. The number of carbonyl (C=O) groups is 3. The molecule has 0 fully saturated rings. The molecule has 12 heteroatoms. The van der Waals surface area contributed by atoms with Crippen LogP contribution in [0.4, 0.5) is 4.39 Å². The van der Waals surface area contributed by atoms with Crippen LogP contribution in [0.1, 0.15) is 51.9 Å². The van der Waals surface area contributed by atoms with Gasteiger partial charge in [0.25, 0.3) is 5.56 Å². The molecule has 0 spiro atoms. The van der Waals surface area contributed by atoms with Gasteiger partial charge in [0.1, 0.15) is 25.8 Å². The van der Waals surface area contributed by atoms with E-state index in [2.05, 4.69) is 10.6 Å². The van der Waals surface area contributed by atoms with Gasteiger partial charge in [0.05, 0.1) is 35.1 Å². The second kappa shape index (κ2) is 8.99. The highest BCUT2D eigenvalue weighted by atomic mass is 19.1. The Hall–Kier alpha value is -4.16. The fourth-order valence-electron chi connectivity index (χ4n) is 5.72. The smallest absolute Gasteiger partial charge is 0.340 e. The highest BCUT2D eigenvalue weighted by molar-refractivity contribution is 5.93. The normalized spacial score (nSPS) is 18.9. The molecule has 3 aliphatic rings. The number of fused-ring (bicyclic) bond motifs is 5. The van der Waals surface area contributed by atoms with Crippen LogP contribution in [0, 0.1) is 12.7 Å². The number of aromatic nitrogens is 2. The second-order valence-corrected chi connectivity index (χ2v) is 9.55. The number of benzene rings is 1. The zero-order chi connectivity index (χ0) is 26.7. The molecular weight excluding hydrogens is 499 g/mol. The number of aliphatic hydroxyl groups is 1. The van der Waals surface area contributed by atoms with Crippen LogP contribution in [0.2, 0.25) is 0 Å². The van der Waals surface area contributed by atoms with Crippen LogP contribution in [0.15, 0.2) is 16.9 Å². The van der Waals surface area contributed by atoms with E-state index < -0.39 is 35.4 Å². The van der Waals surface area contributed by atoms with Crippen molar-refractivity contribution in [2.24, 2.45) is 0 Å². The van der Waals surface area contributed by atoms with Gasteiger partial charge >= 0.3 is 5.97 Å². The van der Waals surface area contributed by atoms with Crippen LogP contribution in [0.5, 0.6) is 0 Å². The minimum absolute atomic E-state index is 0.112. The maximum atomic E-state index is 14.9. The van der Waals surface area contributed by atoms with Gasteiger partial charge in [0.2, 0.25) is 12.3 Å². The number of hydrogen-bond donors (Lipinski definition) is 3. The molecule has 4 heterocycles. The van der Waals surface area contributed by atoms with Gasteiger partial charge in [0.15, 0.2) is 6.10 Å². The third-order valence-electron chi connectivity index (χ3n) is 7.48. The molecule has 1 unspecified atom stereocenters. The van der Waals surface area contributed by atoms with Crippen molar-refractivity contribution >= 4 is 29.2 Å². The quantitative estimate of drug-likeness (QED) is 0.146. The maximum absolute atomic E-state index is 14.9. The predicted octanol–water partition coefficient (Wildman–Crippen LogP) is 0.787. The molecule has 196 valence electrons. The molecule has 38 heavy (non-hydrogen) atoms. The molecule has 2 aliphatic heterocycles. The van der Waals surface area contributed by atoms with Crippen LogP contribution >= 0.6 is 0 Å². The summed E-state index contributed by atoms with van der Waals surface area (Å²) in [4.78, 5) is 53.2. The summed E-state index contributed by atoms with van der Waals surface area (Å²) >= 11 is 0. The van der Waals surface area contributed by atoms with E-state index in [1.54, 1.807) is 13.0 Å². The van der Waals surface area contributed by atoms with Crippen LogP contribution in [-0.4, -0.2) is 46.3 Å². The lowest BCUT2D eigenvalue weighted by Crippen LogP contribution is -2.35. The lowest BCUT2D eigenvalue weighted by atomic mass is 9.81. The summed E-state index contributed by atoms with van der Waals surface area (Å²) in [5.41, 5.74) is 3.95. The first-order chi connectivity index (χ1) is 18.3. The van der Waals surface area contributed by atoms with E-state index in [0.29, 0.717) is 47.3 Å².